The first-order valence-electron chi connectivity index (χ1n) is 48.7. The summed E-state index contributed by atoms with van der Waals surface area (Å²) in [5.74, 6) is -6.09. The summed E-state index contributed by atoms with van der Waals surface area (Å²) in [6.45, 7) is 38.6. The number of amides is 8. The van der Waals surface area contributed by atoms with Crippen molar-refractivity contribution >= 4 is 127 Å². The van der Waals surface area contributed by atoms with Gasteiger partial charge in [0.15, 0.2) is 36.5 Å². The maximum Gasteiger partial charge on any atom is 0.508 e. The number of unbranched alkanes of at least 4 members (excludes halogenated alkanes) is 15. The lowest BCUT2D eigenvalue weighted by molar-refractivity contribution is -0.148. The van der Waals surface area contributed by atoms with E-state index in [1.807, 2.05) is 20.8 Å². The van der Waals surface area contributed by atoms with Crippen LogP contribution in [0.4, 0.5) is 52.7 Å². The van der Waals surface area contributed by atoms with Gasteiger partial charge >= 0.3 is 85.1 Å². The zero-order chi connectivity index (χ0) is 109. The number of nitrogens with one attached hydrogen (secondary N) is 8. The van der Waals surface area contributed by atoms with Crippen LogP contribution >= 0.6 is 24.0 Å². The molecule has 15 atom stereocenters. The van der Waals surface area contributed by atoms with E-state index in [4.69, 9.17) is 118 Å². The number of rotatable bonds is 39. The van der Waals surface area contributed by atoms with E-state index in [-0.39, 0.29) is 93.0 Å². The van der Waals surface area contributed by atoms with Crippen molar-refractivity contribution in [2.75, 3.05) is 80.4 Å². The first-order valence-corrected chi connectivity index (χ1v) is 48.7. The summed E-state index contributed by atoms with van der Waals surface area (Å²) < 4.78 is 105. The highest BCUT2D eigenvalue weighted by Crippen LogP contribution is 2.37. The Morgan fingerprint density at radius 2 is 0.589 bits per heavy atom. The molecule has 6 rings (SSSR count). The summed E-state index contributed by atoms with van der Waals surface area (Å²) in [6.07, 6.45) is 2.95. The Hall–Kier alpha value is -11.8. The largest absolute Gasteiger partial charge is 0.508 e. The summed E-state index contributed by atoms with van der Waals surface area (Å²) in [4.78, 5) is 184. The van der Waals surface area contributed by atoms with E-state index >= 15 is 0 Å². The molecule has 6 aliphatic heterocycles. The van der Waals surface area contributed by atoms with Crippen molar-refractivity contribution in [3.63, 3.8) is 0 Å². The van der Waals surface area contributed by atoms with Crippen LogP contribution in [0, 0.1) is 17.8 Å². The lowest BCUT2D eigenvalue weighted by atomic mass is 9.87. The van der Waals surface area contributed by atoms with Gasteiger partial charge in [0.1, 0.15) is 77.8 Å². The van der Waals surface area contributed by atoms with Crippen LogP contribution in [0.5, 0.6) is 0 Å². The Balaban J connectivity index is 0.00000104. The van der Waals surface area contributed by atoms with Crippen LogP contribution in [0.2, 0.25) is 0 Å². The number of carbonyl (C=O) groups is 14. The van der Waals surface area contributed by atoms with Gasteiger partial charge in [0.05, 0.1) is 39.5 Å². The predicted molar refractivity (Wildman–Crippen MR) is 540 cm³/mol. The van der Waals surface area contributed by atoms with E-state index in [0.29, 0.717) is 32.6 Å². The highest BCUT2D eigenvalue weighted by Gasteiger charge is 2.52. The molecule has 0 aromatic rings. The Morgan fingerprint density at radius 1 is 0.356 bits per heavy atom. The van der Waals surface area contributed by atoms with E-state index in [1.54, 1.807) is 125 Å². The molecule has 0 saturated carbocycles. The number of aliphatic hydroxyl groups excluding tert-OH is 1. The Kier molecular flexibility index (Phi) is 57.4. The standard InChI is InChI=1S/C37H61N5O14.C23H35N3O11.C22H37N5O8.C13H28N2O2.HI.H2/c1-22-23(40-29(41-32(46)55-36(5,6)7)42-33(47)56-37(8,9)10)20-24(28(43)49-11)51-26(22)27(25-21-50-34(48)52-25)53-30(44)38-18-16-14-12-13-15-17-19-39-31(45)54-35(2,3)4;1-11-12(9-13(17(28)32-8)34-16(11)15(27)14-10-33-21(31)35-14)24-18(25-19(29)36-22(2,3)4)26-20(30)37-23(5,6)7;1-13-14(27-20(24)25)11-15(19(28)31-2)33-17(13)18(16-12-32-22(30)34-16)35-21(29)26-10-8-6-4-3-5-7-9-23;1-13(2,3)17-12(16)15-11-9-7-5-4-6-8-10-14;;/h20,22-23,25-27H,12-19,21H2,1-11H3,(H,38,44)(H,39,45)(H2,40,41,42,46,47);9,11-12,14-16,27H,10H2,1-8H3,(H2,24,25,26,29,30);11,13-14,16-18H,3-10,12,23H2,1-2H3,(H,26,29)(H4,24,25,27);4-11,14H2,1-3H3,(H,15,16);2*1H/t22-,23+,25-,26?,27-;11-,12+,14-,15-,16?;13-,14+,16-,17?,18-;;;/m111.../s1. The van der Waals surface area contributed by atoms with Gasteiger partial charge < -0.3 is 144 Å². The molecule has 3 fully saturated rings. The molecule has 17 N–H and O–H groups in total. The van der Waals surface area contributed by atoms with E-state index in [9.17, 15) is 72.2 Å². The highest BCUT2D eigenvalue weighted by molar-refractivity contribution is 14.0. The van der Waals surface area contributed by atoms with Crippen molar-refractivity contribution in [2.45, 2.75) is 368 Å². The number of aliphatic imine (C=N–C) groups is 3. The van der Waals surface area contributed by atoms with Crippen LogP contribution in [-0.2, 0) is 109 Å². The zero-order valence-corrected chi connectivity index (χ0v) is 91.2. The predicted octanol–water partition coefficient (Wildman–Crippen LogP) is 11.4. The summed E-state index contributed by atoms with van der Waals surface area (Å²) in [6, 6.07) is -2.66. The SMILES string of the molecule is CC(C)(C)OC(=O)NCCCCCCCCN.COC(=O)C1=C[C@H](N=C(N)N)[C@@H](C)C([C@H](OC(=O)NCCCCCCCCN)[C@H]2COC(=O)O2)O1.COC(=O)C1=C[C@H](N=C(NC(=O)OC(C)(C)C)NC(=O)OC(C)(C)C)[C@@H](C)C([C@H](O)[C@H]2COC(=O)O2)O1.COC(=O)C1=C[C@H](N=C(NC(=O)OC(C)(C)C)NC(=O)OC(C)(C)C)[C@@H](C)C([C@H](OC(=O)NCCCCCCCCNC(=O)OC(C)(C)C)[C@H]2COC(=O)O2)O1.I.[HH]. The topological polar surface area (TPSA) is 681 Å². The van der Waals surface area contributed by atoms with Crippen LogP contribution in [0.15, 0.2) is 50.5 Å². The number of esters is 3. The van der Waals surface area contributed by atoms with Gasteiger partial charge in [-0.2, -0.15) is 0 Å². The number of hydrogen-bond acceptors (Lipinski definition) is 40. The Bertz CT molecular complexity index is 4300. The molecule has 0 aromatic carbocycles. The fourth-order valence-electron chi connectivity index (χ4n) is 13.9. The monoisotopic (exact) mass is 2200 g/mol. The summed E-state index contributed by atoms with van der Waals surface area (Å²) >= 11 is 0. The molecular weight excluding hydrogens is 2040 g/mol. The van der Waals surface area contributed by atoms with E-state index in [2.05, 4.69) is 57.5 Å². The van der Waals surface area contributed by atoms with Crippen LogP contribution in [0.3, 0.4) is 0 Å². The summed E-state index contributed by atoms with van der Waals surface area (Å²) in [5, 5.41) is 31.3. The molecule has 0 spiro atoms. The number of ether oxygens (including phenoxy) is 20. The van der Waals surface area contributed by atoms with Gasteiger partial charge in [-0.15, -0.1) is 24.0 Å². The molecule has 0 aromatic heterocycles. The molecule has 0 radical (unpaired) electrons. The van der Waals surface area contributed by atoms with E-state index in [1.165, 1.54) is 44.6 Å². The number of carbonyl (C=O) groups excluding carboxylic acids is 14. The number of nitrogens with zero attached hydrogens (tertiary/aromatic N) is 3. The van der Waals surface area contributed by atoms with Crippen molar-refractivity contribution in [2.24, 2.45) is 55.7 Å². The molecule has 0 aliphatic carbocycles. The number of nitrogens with two attached hydrogens (primary N) is 4. The van der Waals surface area contributed by atoms with Gasteiger partial charge in [-0.1, -0.05) is 97.8 Å². The molecule has 51 heteroatoms. The molecule has 146 heavy (non-hydrogen) atoms. The van der Waals surface area contributed by atoms with Gasteiger partial charge in [-0.05, 0) is 194 Å². The van der Waals surface area contributed by atoms with Crippen LogP contribution < -0.4 is 65.5 Å². The second-order valence-electron chi connectivity index (χ2n) is 40.4. The number of halogens is 1. The fraction of sp³-hybridized carbons (Fsp3) is 0.758. The third kappa shape index (κ3) is 54.6. The molecule has 0 bridgehead atoms. The smallest absolute Gasteiger partial charge is 0.480 e. The molecular formula is C95H164IN15O35. The van der Waals surface area contributed by atoms with Crippen LogP contribution in [0.25, 0.3) is 0 Å². The molecule has 6 aliphatic rings. The first-order chi connectivity index (χ1) is 67.7. The van der Waals surface area contributed by atoms with Crippen molar-refractivity contribution in [3.05, 3.63) is 35.5 Å². The minimum Gasteiger partial charge on any atom is -0.480 e. The normalized spacial score (nSPS) is 20.9. The van der Waals surface area contributed by atoms with Crippen molar-refractivity contribution in [3.8, 4) is 0 Å². The maximum absolute atomic E-state index is 13.1. The zero-order valence-electron chi connectivity index (χ0n) is 88.9. The third-order valence-corrected chi connectivity index (χ3v) is 20.6. The molecule has 50 nitrogen and oxygen atoms in total. The van der Waals surface area contributed by atoms with Crippen LogP contribution in [-0.4, -0.2) is 295 Å². The number of aliphatic hydroxyl groups is 1. The molecule has 3 saturated heterocycles. The lowest BCUT2D eigenvalue weighted by Gasteiger charge is -2.38. The molecule has 6 heterocycles. The van der Waals surface area contributed by atoms with Gasteiger partial charge in [0, 0.05) is 45.4 Å². The highest BCUT2D eigenvalue weighted by atomic mass is 127. The minimum atomic E-state index is -1.41. The number of guanidine groups is 3. The number of hydrogen-bond donors (Lipinski definition) is 13. The number of cyclic esters (lactones) is 6. The second kappa shape index (κ2) is 64.4. The number of methoxy groups -OCH3 is 3. The average Bonchev–Trinajstić information content (AvgIpc) is 1.80. The molecule has 8 amide bonds. The Morgan fingerprint density at radius 3 is 0.836 bits per heavy atom. The lowest BCUT2D eigenvalue weighted by Crippen LogP contribution is -2.53. The second-order valence-corrected chi connectivity index (χ2v) is 40.4. The summed E-state index contributed by atoms with van der Waals surface area (Å²) in [5.41, 5.74) is 17.5. The van der Waals surface area contributed by atoms with Gasteiger partial charge in [-0.3, -0.25) is 21.3 Å². The minimum absolute atomic E-state index is 0. The third-order valence-electron chi connectivity index (χ3n) is 20.6. The number of alkyl carbamates (subject to hydrolysis) is 8. The van der Waals surface area contributed by atoms with Crippen molar-refractivity contribution in [1.29, 1.82) is 0 Å². The quantitative estimate of drug-likeness (QED) is 0.00679. The van der Waals surface area contributed by atoms with Gasteiger partial charge in [-0.25, -0.2) is 82.1 Å². The molecule has 836 valence electrons. The average molecular weight is 2200 g/mol. The van der Waals surface area contributed by atoms with Crippen molar-refractivity contribution in [1.82, 2.24) is 42.5 Å². The Labute approximate surface area is 872 Å². The maximum atomic E-state index is 13.1. The van der Waals surface area contributed by atoms with Gasteiger partial charge in [0.25, 0.3) is 0 Å². The molecule has 3 unspecified atom stereocenters. The van der Waals surface area contributed by atoms with E-state index in [0.717, 1.165) is 111 Å². The van der Waals surface area contributed by atoms with E-state index < -0.39 is 203 Å². The first kappa shape index (κ1) is 130. The van der Waals surface area contributed by atoms with Gasteiger partial charge in [0.2, 0.25) is 29.2 Å². The fourth-order valence-corrected chi connectivity index (χ4v) is 13.9. The van der Waals surface area contributed by atoms with Crippen molar-refractivity contribution < 1.29 is 168 Å². The van der Waals surface area contributed by atoms with Crippen LogP contribution in [0.1, 0.15) is 262 Å². The summed E-state index contributed by atoms with van der Waals surface area (Å²) in [7, 11) is 3.47.